The van der Waals surface area contributed by atoms with Crippen LogP contribution in [0.15, 0.2) is 24.3 Å². The fourth-order valence-electron chi connectivity index (χ4n) is 1.95. The number of benzene rings is 1. The summed E-state index contributed by atoms with van der Waals surface area (Å²) in [6.45, 7) is 0. The zero-order chi connectivity index (χ0) is 12.4. The minimum Gasteiger partial charge on any atom is -0.383 e. The summed E-state index contributed by atoms with van der Waals surface area (Å²) in [7, 11) is 0. The maximum Gasteiger partial charge on any atom is 0.263 e. The number of amides is 1. The molecule has 2 rings (SSSR count). The molecule has 2 atom stereocenters. The third kappa shape index (κ3) is 2.79. The van der Waals surface area contributed by atoms with Crippen LogP contribution in [0.3, 0.4) is 0 Å². The molecule has 1 saturated heterocycles. The second-order valence-electron chi connectivity index (χ2n) is 4.20. The number of alkyl halides is 2. The Morgan fingerprint density at radius 2 is 2.00 bits per heavy atom. The molecule has 0 radical (unpaired) electrons. The maximum atomic E-state index is 12.3. The number of nitrogens with one attached hydrogen (secondary N) is 1. The Morgan fingerprint density at radius 3 is 2.47 bits per heavy atom. The molecule has 1 aromatic rings. The number of hydrogen-bond donors (Lipinski definition) is 2. The average Bonchev–Trinajstić information content (AvgIpc) is 2.58. The molecule has 0 aliphatic carbocycles. The molecule has 2 N–H and O–H groups in total. The first-order valence-electron chi connectivity index (χ1n) is 5.41. The lowest BCUT2D eigenvalue weighted by Crippen LogP contribution is -2.28. The Bertz CT molecular complexity index is 405. The quantitative estimate of drug-likeness (QED) is 0.840. The van der Waals surface area contributed by atoms with Crippen molar-refractivity contribution >= 4 is 5.91 Å². The smallest absolute Gasteiger partial charge is 0.263 e. The second kappa shape index (κ2) is 4.79. The predicted octanol–water partition coefficient (Wildman–Crippen LogP) is 1.42. The number of hydrogen-bond acceptors (Lipinski definition) is 2. The lowest BCUT2D eigenvalue weighted by molar-refractivity contribution is -0.126. The van der Waals surface area contributed by atoms with Crippen LogP contribution in [0.4, 0.5) is 8.78 Å². The standard InChI is InChI=1S/C12H13F2NO2/c13-11(14)8-3-1-7(2-4-8)5-9-6-10(16)12(17)15-9/h1-4,9-11,16H,5-6H2,(H,15,17). The molecule has 1 aliphatic heterocycles. The van der Waals surface area contributed by atoms with Crippen molar-refractivity contribution in [2.75, 3.05) is 0 Å². The number of aliphatic hydroxyl groups is 1. The van der Waals surface area contributed by atoms with Gasteiger partial charge in [-0.2, -0.15) is 0 Å². The van der Waals surface area contributed by atoms with Gasteiger partial charge in [-0.3, -0.25) is 4.79 Å². The van der Waals surface area contributed by atoms with E-state index in [9.17, 15) is 18.7 Å². The van der Waals surface area contributed by atoms with E-state index in [1.165, 1.54) is 12.1 Å². The summed E-state index contributed by atoms with van der Waals surface area (Å²) in [4.78, 5) is 11.1. The van der Waals surface area contributed by atoms with E-state index in [-0.39, 0.29) is 17.5 Å². The van der Waals surface area contributed by atoms with Gasteiger partial charge in [0.05, 0.1) is 0 Å². The summed E-state index contributed by atoms with van der Waals surface area (Å²) >= 11 is 0. The van der Waals surface area contributed by atoms with Gasteiger partial charge >= 0.3 is 0 Å². The summed E-state index contributed by atoms with van der Waals surface area (Å²) in [6, 6.07) is 5.90. The van der Waals surface area contributed by atoms with Crippen LogP contribution in [0.2, 0.25) is 0 Å². The Balaban J connectivity index is 1.98. The van der Waals surface area contributed by atoms with Crippen LogP contribution >= 0.6 is 0 Å². The van der Waals surface area contributed by atoms with E-state index in [0.717, 1.165) is 5.56 Å². The van der Waals surface area contributed by atoms with Gasteiger partial charge < -0.3 is 10.4 Å². The molecule has 1 fully saturated rings. The number of carbonyl (C=O) groups is 1. The molecule has 92 valence electrons. The van der Waals surface area contributed by atoms with Gasteiger partial charge in [-0.15, -0.1) is 0 Å². The Hall–Kier alpha value is -1.49. The molecular formula is C12H13F2NO2. The molecule has 1 aliphatic rings. The van der Waals surface area contributed by atoms with Gasteiger partial charge in [-0.05, 0) is 12.0 Å². The van der Waals surface area contributed by atoms with Crippen LogP contribution in [-0.4, -0.2) is 23.2 Å². The van der Waals surface area contributed by atoms with E-state index >= 15 is 0 Å². The maximum absolute atomic E-state index is 12.3. The highest BCUT2D eigenvalue weighted by molar-refractivity contribution is 5.83. The van der Waals surface area contributed by atoms with Crippen LogP contribution in [0.25, 0.3) is 0 Å². The SMILES string of the molecule is O=C1NC(Cc2ccc(C(F)F)cc2)CC1O. The van der Waals surface area contributed by atoms with Crippen molar-refractivity contribution in [1.82, 2.24) is 5.32 Å². The first-order chi connectivity index (χ1) is 8.06. The molecule has 5 heteroatoms. The summed E-state index contributed by atoms with van der Waals surface area (Å²) < 4.78 is 24.6. The topological polar surface area (TPSA) is 49.3 Å². The van der Waals surface area contributed by atoms with Crippen LogP contribution in [-0.2, 0) is 11.2 Å². The Labute approximate surface area is 97.5 Å². The molecule has 0 saturated carbocycles. The van der Waals surface area contributed by atoms with Crippen LogP contribution in [0.1, 0.15) is 24.0 Å². The molecule has 1 heterocycles. The normalized spacial score (nSPS) is 24.1. The lowest BCUT2D eigenvalue weighted by Gasteiger charge is -2.10. The molecule has 2 unspecified atom stereocenters. The number of carbonyl (C=O) groups excluding carboxylic acids is 1. The van der Waals surface area contributed by atoms with Crippen LogP contribution in [0, 0.1) is 0 Å². The molecule has 1 aromatic carbocycles. The van der Waals surface area contributed by atoms with E-state index in [0.29, 0.717) is 12.8 Å². The van der Waals surface area contributed by atoms with E-state index in [4.69, 9.17) is 0 Å². The highest BCUT2D eigenvalue weighted by atomic mass is 19.3. The van der Waals surface area contributed by atoms with Crippen molar-refractivity contribution in [3.05, 3.63) is 35.4 Å². The van der Waals surface area contributed by atoms with Crippen molar-refractivity contribution in [2.45, 2.75) is 31.4 Å². The van der Waals surface area contributed by atoms with Gasteiger partial charge in [0.25, 0.3) is 6.43 Å². The minimum absolute atomic E-state index is 0.00996. The van der Waals surface area contributed by atoms with E-state index in [1.807, 2.05) is 0 Å². The zero-order valence-electron chi connectivity index (χ0n) is 9.07. The highest BCUT2D eigenvalue weighted by Gasteiger charge is 2.29. The van der Waals surface area contributed by atoms with E-state index in [1.54, 1.807) is 12.1 Å². The van der Waals surface area contributed by atoms with Gasteiger partial charge in [0, 0.05) is 18.0 Å². The lowest BCUT2D eigenvalue weighted by atomic mass is 10.0. The molecule has 0 aromatic heterocycles. The first-order valence-corrected chi connectivity index (χ1v) is 5.41. The molecule has 17 heavy (non-hydrogen) atoms. The van der Waals surface area contributed by atoms with Crippen LogP contribution in [0.5, 0.6) is 0 Å². The molecule has 0 bridgehead atoms. The van der Waals surface area contributed by atoms with Gasteiger partial charge in [0.15, 0.2) is 0 Å². The Morgan fingerprint density at radius 1 is 1.35 bits per heavy atom. The van der Waals surface area contributed by atoms with E-state index in [2.05, 4.69) is 5.32 Å². The number of rotatable bonds is 3. The molecule has 0 spiro atoms. The third-order valence-corrected chi connectivity index (χ3v) is 2.87. The average molecular weight is 241 g/mol. The van der Waals surface area contributed by atoms with Crippen molar-refractivity contribution in [1.29, 1.82) is 0 Å². The highest BCUT2D eigenvalue weighted by Crippen LogP contribution is 2.20. The van der Waals surface area contributed by atoms with Crippen molar-refractivity contribution < 1.29 is 18.7 Å². The van der Waals surface area contributed by atoms with Crippen LogP contribution < -0.4 is 5.32 Å². The fraction of sp³-hybridized carbons (Fsp3) is 0.417. The monoisotopic (exact) mass is 241 g/mol. The summed E-state index contributed by atoms with van der Waals surface area (Å²) in [6.07, 6.45) is -2.49. The predicted molar refractivity (Wildman–Crippen MR) is 57.7 cm³/mol. The zero-order valence-corrected chi connectivity index (χ0v) is 9.07. The minimum atomic E-state index is -2.46. The van der Waals surface area contributed by atoms with Gasteiger partial charge in [0.2, 0.25) is 5.91 Å². The third-order valence-electron chi connectivity index (χ3n) is 2.87. The summed E-state index contributed by atoms with van der Waals surface area (Å²) in [5.41, 5.74) is 0.859. The number of halogens is 2. The Kier molecular flexibility index (Phi) is 3.38. The van der Waals surface area contributed by atoms with Gasteiger partial charge in [-0.1, -0.05) is 24.3 Å². The molecule has 3 nitrogen and oxygen atoms in total. The van der Waals surface area contributed by atoms with E-state index < -0.39 is 12.5 Å². The van der Waals surface area contributed by atoms with Gasteiger partial charge in [0.1, 0.15) is 6.10 Å². The largest absolute Gasteiger partial charge is 0.383 e. The fourth-order valence-corrected chi connectivity index (χ4v) is 1.95. The van der Waals surface area contributed by atoms with Gasteiger partial charge in [-0.25, -0.2) is 8.78 Å². The summed E-state index contributed by atoms with van der Waals surface area (Å²) in [5.74, 6) is -0.362. The van der Waals surface area contributed by atoms with Crippen molar-refractivity contribution in [3.63, 3.8) is 0 Å². The van der Waals surface area contributed by atoms with Crippen molar-refractivity contribution in [2.24, 2.45) is 0 Å². The number of aliphatic hydroxyl groups excluding tert-OH is 1. The van der Waals surface area contributed by atoms with Crippen molar-refractivity contribution in [3.8, 4) is 0 Å². The molecular weight excluding hydrogens is 228 g/mol. The first kappa shape index (κ1) is 12.0. The summed E-state index contributed by atoms with van der Waals surface area (Å²) in [5, 5.41) is 11.9. The molecule has 1 amide bonds. The second-order valence-corrected chi connectivity index (χ2v) is 4.20.